The van der Waals surface area contributed by atoms with Crippen LogP contribution in [0.2, 0.25) is 0 Å². The molecule has 4 heterocycles. The van der Waals surface area contributed by atoms with Crippen molar-refractivity contribution in [1.82, 2.24) is 19.4 Å². The maximum absolute atomic E-state index is 12.9. The number of nitrogens with zero attached hydrogens (tertiary/aromatic N) is 4. The van der Waals surface area contributed by atoms with Crippen LogP contribution >= 0.6 is 15.9 Å². The highest BCUT2D eigenvalue weighted by Gasteiger charge is 2.31. The lowest BCUT2D eigenvalue weighted by Gasteiger charge is -2.18. The fraction of sp³-hybridized carbons (Fsp3) is 0.190. The summed E-state index contributed by atoms with van der Waals surface area (Å²) in [5.41, 5.74) is 3.29. The van der Waals surface area contributed by atoms with E-state index in [0.29, 0.717) is 18.7 Å². The quantitative estimate of drug-likeness (QED) is 0.472. The first kappa shape index (κ1) is 17.2. The molecule has 1 fully saturated rings. The number of amides is 1. The Balaban J connectivity index is 1.49. The first-order valence-electron chi connectivity index (χ1n) is 9.11. The van der Waals surface area contributed by atoms with Crippen LogP contribution in [0.1, 0.15) is 22.8 Å². The maximum Gasteiger partial charge on any atom is 0.253 e. The van der Waals surface area contributed by atoms with Crippen molar-refractivity contribution in [3.05, 3.63) is 71.2 Å². The highest BCUT2D eigenvalue weighted by molar-refractivity contribution is 9.10. The van der Waals surface area contributed by atoms with Crippen LogP contribution in [0, 0.1) is 0 Å². The molecule has 3 aromatic heterocycles. The van der Waals surface area contributed by atoms with Crippen molar-refractivity contribution in [2.45, 2.75) is 12.5 Å². The van der Waals surface area contributed by atoms with E-state index in [4.69, 9.17) is 9.40 Å². The van der Waals surface area contributed by atoms with E-state index >= 15 is 0 Å². The number of rotatable bonds is 3. The molecule has 4 aromatic rings. The van der Waals surface area contributed by atoms with Crippen LogP contribution in [0.4, 0.5) is 0 Å². The third-order valence-corrected chi connectivity index (χ3v) is 5.66. The first-order valence-corrected chi connectivity index (χ1v) is 9.90. The smallest absolute Gasteiger partial charge is 0.253 e. The van der Waals surface area contributed by atoms with Gasteiger partial charge < -0.3 is 13.9 Å². The van der Waals surface area contributed by atoms with Gasteiger partial charge in [-0.25, -0.2) is 9.97 Å². The minimum absolute atomic E-state index is 0.0530. The maximum atomic E-state index is 12.9. The number of carbonyl (C=O) groups is 1. The number of aromatic nitrogens is 3. The molecule has 0 unspecified atom stereocenters. The van der Waals surface area contributed by atoms with Crippen LogP contribution in [-0.2, 0) is 0 Å². The van der Waals surface area contributed by atoms with E-state index in [1.54, 1.807) is 18.7 Å². The number of carbonyl (C=O) groups excluding carboxylic acids is 1. The lowest BCUT2D eigenvalue weighted by Crippen LogP contribution is -2.29. The van der Waals surface area contributed by atoms with Crippen molar-refractivity contribution in [1.29, 1.82) is 0 Å². The summed E-state index contributed by atoms with van der Waals surface area (Å²) < 4.78 is 8.38. The van der Waals surface area contributed by atoms with Gasteiger partial charge in [0.05, 0.1) is 17.9 Å². The number of benzene rings is 1. The third kappa shape index (κ3) is 2.92. The molecule has 0 saturated carbocycles. The molecule has 1 aliphatic rings. The number of imidazole rings is 1. The lowest BCUT2D eigenvalue weighted by atomic mass is 10.2. The molecule has 0 N–H and O–H groups in total. The number of likely N-dealkylation sites (tertiary alicyclic amines) is 1. The molecule has 140 valence electrons. The average molecular weight is 437 g/mol. The fourth-order valence-electron chi connectivity index (χ4n) is 3.78. The number of hydrogen-bond donors (Lipinski definition) is 0. The molecule has 1 amide bonds. The van der Waals surface area contributed by atoms with Gasteiger partial charge in [0.15, 0.2) is 5.65 Å². The standard InChI is InChI=1S/C21H17BrN4O2/c22-16-5-3-14(4-6-16)21(27)25-10-7-17(12-25)26-19(15-8-11-28-13-15)24-18-2-1-9-23-20(18)26/h1-6,8-9,11,13,17H,7,10,12H2/t17-/m1/s1. The number of halogens is 1. The van der Waals surface area contributed by atoms with Crippen molar-refractivity contribution < 1.29 is 9.21 Å². The second kappa shape index (κ2) is 6.91. The molecule has 1 atom stereocenters. The van der Waals surface area contributed by atoms with Gasteiger partial charge in [-0.1, -0.05) is 15.9 Å². The Morgan fingerprint density at radius 2 is 2.04 bits per heavy atom. The zero-order valence-electron chi connectivity index (χ0n) is 15.0. The van der Waals surface area contributed by atoms with Gasteiger partial charge in [0, 0.05) is 29.3 Å². The molecule has 6 nitrogen and oxygen atoms in total. The van der Waals surface area contributed by atoms with E-state index < -0.39 is 0 Å². The Kier molecular flexibility index (Phi) is 4.24. The molecule has 1 saturated heterocycles. The minimum atomic E-state index is 0.0530. The van der Waals surface area contributed by atoms with Gasteiger partial charge in [-0.3, -0.25) is 4.79 Å². The van der Waals surface area contributed by atoms with Crippen LogP contribution < -0.4 is 0 Å². The second-order valence-electron chi connectivity index (χ2n) is 6.86. The SMILES string of the molecule is O=C(c1ccc(Br)cc1)N1CC[C@@H](n2c(-c3ccoc3)nc3cccnc32)C1. The summed E-state index contributed by atoms with van der Waals surface area (Å²) in [6.07, 6.45) is 5.97. The lowest BCUT2D eigenvalue weighted by molar-refractivity contribution is 0.0788. The Hall–Kier alpha value is -2.93. The molecule has 0 spiro atoms. The molecular weight excluding hydrogens is 420 g/mol. The molecule has 28 heavy (non-hydrogen) atoms. The van der Waals surface area contributed by atoms with E-state index in [2.05, 4.69) is 25.5 Å². The van der Waals surface area contributed by atoms with Gasteiger partial charge in [-0.15, -0.1) is 0 Å². The van der Waals surface area contributed by atoms with Crippen LogP contribution in [0.3, 0.4) is 0 Å². The first-order chi connectivity index (χ1) is 13.7. The second-order valence-corrected chi connectivity index (χ2v) is 7.78. The van der Waals surface area contributed by atoms with Crippen molar-refractivity contribution in [3.8, 4) is 11.4 Å². The van der Waals surface area contributed by atoms with Crippen molar-refractivity contribution >= 4 is 33.0 Å². The monoisotopic (exact) mass is 436 g/mol. The summed E-state index contributed by atoms with van der Waals surface area (Å²) in [7, 11) is 0. The minimum Gasteiger partial charge on any atom is -0.472 e. The van der Waals surface area contributed by atoms with Crippen molar-refractivity contribution in [2.24, 2.45) is 0 Å². The molecule has 5 rings (SSSR count). The Morgan fingerprint density at radius 3 is 2.82 bits per heavy atom. The molecule has 0 radical (unpaired) electrons. The number of pyridine rings is 1. The number of furan rings is 1. The molecular formula is C21H17BrN4O2. The molecule has 1 aromatic carbocycles. The van der Waals surface area contributed by atoms with E-state index in [9.17, 15) is 4.79 Å². The molecule has 0 bridgehead atoms. The van der Waals surface area contributed by atoms with Crippen LogP contribution in [0.15, 0.2) is 70.1 Å². The highest BCUT2D eigenvalue weighted by Crippen LogP contribution is 2.32. The Labute approximate surface area is 169 Å². The highest BCUT2D eigenvalue weighted by atomic mass is 79.9. The van der Waals surface area contributed by atoms with Crippen LogP contribution in [0.25, 0.3) is 22.6 Å². The summed E-state index contributed by atoms with van der Waals surface area (Å²) in [5, 5.41) is 0. The number of fused-ring (bicyclic) bond motifs is 1. The van der Waals surface area contributed by atoms with Gasteiger partial charge in [-0.2, -0.15) is 0 Å². The molecule has 1 aliphatic heterocycles. The van der Waals surface area contributed by atoms with Crippen molar-refractivity contribution in [2.75, 3.05) is 13.1 Å². The van der Waals surface area contributed by atoms with Crippen LogP contribution in [0.5, 0.6) is 0 Å². The topological polar surface area (TPSA) is 64.2 Å². The van der Waals surface area contributed by atoms with Crippen LogP contribution in [-0.4, -0.2) is 38.4 Å². The van der Waals surface area contributed by atoms with E-state index in [-0.39, 0.29) is 11.9 Å². The predicted molar refractivity (Wildman–Crippen MR) is 109 cm³/mol. The van der Waals surface area contributed by atoms with Crippen molar-refractivity contribution in [3.63, 3.8) is 0 Å². The van der Waals surface area contributed by atoms with Gasteiger partial charge in [-0.05, 0) is 48.9 Å². The number of hydrogen-bond acceptors (Lipinski definition) is 4. The van der Waals surface area contributed by atoms with E-state index in [1.165, 1.54) is 0 Å². The van der Waals surface area contributed by atoms with Gasteiger partial charge in [0.25, 0.3) is 5.91 Å². The van der Waals surface area contributed by atoms with Gasteiger partial charge in [0.1, 0.15) is 17.6 Å². The largest absolute Gasteiger partial charge is 0.472 e. The summed E-state index contributed by atoms with van der Waals surface area (Å²) in [6, 6.07) is 13.4. The predicted octanol–water partition coefficient (Wildman–Crippen LogP) is 4.54. The Bertz CT molecular complexity index is 1140. The summed E-state index contributed by atoms with van der Waals surface area (Å²) in [6.45, 7) is 1.33. The van der Waals surface area contributed by atoms with E-state index in [1.807, 2.05) is 47.4 Å². The zero-order valence-corrected chi connectivity index (χ0v) is 16.5. The van der Waals surface area contributed by atoms with E-state index in [0.717, 1.165) is 33.4 Å². The zero-order chi connectivity index (χ0) is 19.1. The fourth-order valence-corrected chi connectivity index (χ4v) is 4.05. The summed E-state index contributed by atoms with van der Waals surface area (Å²) in [5.74, 6) is 0.877. The third-order valence-electron chi connectivity index (χ3n) is 5.14. The molecule has 0 aliphatic carbocycles. The summed E-state index contributed by atoms with van der Waals surface area (Å²) >= 11 is 3.41. The average Bonchev–Trinajstić information content (AvgIpc) is 3.46. The van der Waals surface area contributed by atoms with Gasteiger partial charge >= 0.3 is 0 Å². The molecule has 7 heteroatoms. The Morgan fingerprint density at radius 1 is 1.18 bits per heavy atom. The van der Waals surface area contributed by atoms with Gasteiger partial charge in [0.2, 0.25) is 0 Å². The normalized spacial score (nSPS) is 16.8. The summed E-state index contributed by atoms with van der Waals surface area (Å²) in [4.78, 5) is 24.1.